The number of hydrogen-bond donors (Lipinski definition) is 1. The highest BCUT2D eigenvalue weighted by molar-refractivity contribution is 14.1. The summed E-state index contributed by atoms with van der Waals surface area (Å²) < 4.78 is 1.21. The lowest BCUT2D eigenvalue weighted by Gasteiger charge is -2.06. The van der Waals surface area contributed by atoms with E-state index in [1.165, 1.54) is 14.7 Å². The van der Waals surface area contributed by atoms with E-state index in [-0.39, 0.29) is 0 Å². The van der Waals surface area contributed by atoms with E-state index in [4.69, 9.17) is 4.98 Å². The molecule has 3 heteroatoms. The van der Waals surface area contributed by atoms with Crippen LogP contribution in [0, 0.1) is 3.57 Å². The standard InChI is InChI=1S/C27H19IN2/c28-24-17-15-23(16-18-24)27-29-25(21-9-5-2-6-10-21)26(30-27)22-13-11-20(12-14-22)19-7-3-1-4-8-19/h1-18H,(H,29,30). The van der Waals surface area contributed by atoms with Gasteiger partial charge in [0.15, 0.2) is 0 Å². The maximum atomic E-state index is 4.98. The minimum atomic E-state index is 0.882. The van der Waals surface area contributed by atoms with Crippen LogP contribution >= 0.6 is 22.6 Å². The summed E-state index contributed by atoms with van der Waals surface area (Å²) in [6, 6.07) is 37.9. The van der Waals surface area contributed by atoms with Crippen LogP contribution in [0.1, 0.15) is 0 Å². The van der Waals surface area contributed by atoms with Crippen molar-refractivity contribution in [2.24, 2.45) is 0 Å². The topological polar surface area (TPSA) is 28.7 Å². The lowest BCUT2D eigenvalue weighted by molar-refractivity contribution is 1.31. The number of aromatic nitrogens is 2. The predicted octanol–water partition coefficient (Wildman–Crippen LogP) is 7.68. The van der Waals surface area contributed by atoms with Gasteiger partial charge in [-0.1, -0.05) is 97.1 Å². The second kappa shape index (κ2) is 8.28. The Morgan fingerprint density at radius 2 is 1.00 bits per heavy atom. The van der Waals surface area contributed by atoms with Gasteiger partial charge in [0.2, 0.25) is 0 Å². The molecule has 0 fully saturated rings. The van der Waals surface area contributed by atoms with Crippen molar-refractivity contribution < 1.29 is 0 Å². The smallest absolute Gasteiger partial charge is 0.138 e. The van der Waals surface area contributed by atoms with Gasteiger partial charge in [-0.3, -0.25) is 0 Å². The molecule has 5 rings (SSSR count). The predicted molar refractivity (Wildman–Crippen MR) is 133 cm³/mol. The van der Waals surface area contributed by atoms with Crippen LogP contribution in [-0.4, -0.2) is 9.97 Å². The molecule has 0 aliphatic carbocycles. The number of nitrogens with zero attached hydrogens (tertiary/aromatic N) is 1. The largest absolute Gasteiger partial charge is 0.337 e. The molecule has 4 aromatic carbocycles. The fourth-order valence-corrected chi connectivity index (χ4v) is 3.95. The van der Waals surface area contributed by atoms with E-state index in [1.54, 1.807) is 0 Å². The van der Waals surface area contributed by atoms with Crippen molar-refractivity contribution in [1.82, 2.24) is 9.97 Å². The van der Waals surface area contributed by atoms with Crippen LogP contribution in [0.3, 0.4) is 0 Å². The van der Waals surface area contributed by atoms with Gasteiger partial charge in [-0.25, -0.2) is 4.98 Å². The average Bonchev–Trinajstić information content (AvgIpc) is 3.26. The van der Waals surface area contributed by atoms with Gasteiger partial charge in [0.05, 0.1) is 11.4 Å². The maximum Gasteiger partial charge on any atom is 0.138 e. The van der Waals surface area contributed by atoms with Crippen LogP contribution in [0.2, 0.25) is 0 Å². The normalized spacial score (nSPS) is 10.8. The highest BCUT2D eigenvalue weighted by Gasteiger charge is 2.15. The fourth-order valence-electron chi connectivity index (χ4n) is 3.59. The van der Waals surface area contributed by atoms with Crippen LogP contribution in [0.15, 0.2) is 109 Å². The molecule has 0 bridgehead atoms. The average molecular weight is 498 g/mol. The Morgan fingerprint density at radius 3 is 1.63 bits per heavy atom. The second-order valence-electron chi connectivity index (χ2n) is 7.13. The molecule has 0 atom stereocenters. The van der Waals surface area contributed by atoms with Crippen molar-refractivity contribution in [2.45, 2.75) is 0 Å². The minimum Gasteiger partial charge on any atom is -0.337 e. The van der Waals surface area contributed by atoms with Crippen molar-refractivity contribution in [3.63, 3.8) is 0 Å². The third-order valence-electron chi connectivity index (χ3n) is 5.15. The Labute approximate surface area is 189 Å². The number of benzene rings is 4. The lowest BCUT2D eigenvalue weighted by atomic mass is 10.0. The molecular formula is C27H19IN2. The van der Waals surface area contributed by atoms with Gasteiger partial charge in [-0.2, -0.15) is 0 Å². The van der Waals surface area contributed by atoms with E-state index >= 15 is 0 Å². The molecule has 0 aliphatic rings. The van der Waals surface area contributed by atoms with Gasteiger partial charge in [-0.15, -0.1) is 0 Å². The van der Waals surface area contributed by atoms with E-state index in [9.17, 15) is 0 Å². The number of aromatic amines is 1. The second-order valence-corrected chi connectivity index (χ2v) is 8.37. The zero-order valence-electron chi connectivity index (χ0n) is 16.2. The first kappa shape index (κ1) is 18.8. The highest BCUT2D eigenvalue weighted by atomic mass is 127. The van der Waals surface area contributed by atoms with Crippen molar-refractivity contribution in [2.75, 3.05) is 0 Å². The molecule has 144 valence electrons. The number of halogens is 1. The highest BCUT2D eigenvalue weighted by Crippen LogP contribution is 2.34. The third kappa shape index (κ3) is 3.81. The summed E-state index contributed by atoms with van der Waals surface area (Å²) in [5, 5.41) is 0. The monoisotopic (exact) mass is 498 g/mol. The van der Waals surface area contributed by atoms with Crippen LogP contribution < -0.4 is 0 Å². The van der Waals surface area contributed by atoms with E-state index in [1.807, 2.05) is 12.1 Å². The third-order valence-corrected chi connectivity index (χ3v) is 5.87. The van der Waals surface area contributed by atoms with Gasteiger partial charge < -0.3 is 4.98 Å². The van der Waals surface area contributed by atoms with E-state index < -0.39 is 0 Å². The number of nitrogens with one attached hydrogen (secondary N) is 1. The summed E-state index contributed by atoms with van der Waals surface area (Å²) in [5.74, 6) is 0.882. The zero-order valence-corrected chi connectivity index (χ0v) is 18.4. The van der Waals surface area contributed by atoms with Crippen LogP contribution in [0.5, 0.6) is 0 Å². The summed E-state index contributed by atoms with van der Waals surface area (Å²) in [4.78, 5) is 8.56. The molecule has 0 saturated heterocycles. The van der Waals surface area contributed by atoms with Gasteiger partial charge in [0.1, 0.15) is 5.82 Å². The minimum absolute atomic E-state index is 0.882. The number of hydrogen-bond acceptors (Lipinski definition) is 1. The molecule has 1 N–H and O–H groups in total. The van der Waals surface area contributed by atoms with Crippen LogP contribution in [0.25, 0.3) is 45.0 Å². The molecule has 2 nitrogen and oxygen atoms in total. The molecule has 0 spiro atoms. The van der Waals surface area contributed by atoms with Crippen molar-refractivity contribution in [1.29, 1.82) is 0 Å². The van der Waals surface area contributed by atoms with E-state index in [2.05, 4.69) is 125 Å². The molecule has 0 aliphatic heterocycles. The SMILES string of the molecule is Ic1ccc(-c2nc(-c3ccccc3)c(-c3ccc(-c4ccccc4)cc3)[nH]2)cc1. The van der Waals surface area contributed by atoms with Crippen molar-refractivity contribution >= 4 is 22.6 Å². The molecule has 0 saturated carbocycles. The number of H-pyrrole nitrogens is 1. The van der Waals surface area contributed by atoms with Crippen molar-refractivity contribution in [3.05, 3.63) is 113 Å². The van der Waals surface area contributed by atoms with Gasteiger partial charge in [0.25, 0.3) is 0 Å². The molecular weight excluding hydrogens is 479 g/mol. The fraction of sp³-hybridized carbons (Fsp3) is 0. The summed E-state index contributed by atoms with van der Waals surface area (Å²) in [6.45, 7) is 0. The van der Waals surface area contributed by atoms with E-state index in [0.717, 1.165) is 33.9 Å². The molecule has 0 amide bonds. The Bertz CT molecular complexity index is 1260. The van der Waals surface area contributed by atoms with Crippen LogP contribution in [0.4, 0.5) is 0 Å². The Balaban J connectivity index is 1.60. The first-order valence-corrected chi connectivity index (χ1v) is 10.9. The molecule has 1 aromatic heterocycles. The molecule has 1 heterocycles. The lowest BCUT2D eigenvalue weighted by Crippen LogP contribution is -1.84. The maximum absolute atomic E-state index is 4.98. The summed E-state index contributed by atoms with van der Waals surface area (Å²) in [5.41, 5.74) is 7.74. The van der Waals surface area contributed by atoms with Gasteiger partial charge in [0, 0.05) is 20.3 Å². The number of imidazole rings is 1. The summed E-state index contributed by atoms with van der Waals surface area (Å²) in [7, 11) is 0. The summed E-state index contributed by atoms with van der Waals surface area (Å²) in [6.07, 6.45) is 0. The number of rotatable bonds is 4. The first-order valence-electron chi connectivity index (χ1n) is 9.85. The molecule has 0 radical (unpaired) electrons. The van der Waals surface area contributed by atoms with Gasteiger partial charge in [-0.05, 0) is 45.9 Å². The Kier molecular flexibility index (Phi) is 5.20. The van der Waals surface area contributed by atoms with Gasteiger partial charge >= 0.3 is 0 Å². The Hall–Kier alpha value is -3.18. The summed E-state index contributed by atoms with van der Waals surface area (Å²) >= 11 is 2.32. The van der Waals surface area contributed by atoms with Crippen LogP contribution in [-0.2, 0) is 0 Å². The molecule has 5 aromatic rings. The first-order chi connectivity index (χ1) is 14.8. The quantitative estimate of drug-likeness (QED) is 0.253. The molecule has 0 unspecified atom stereocenters. The van der Waals surface area contributed by atoms with Crippen molar-refractivity contribution in [3.8, 4) is 45.0 Å². The Morgan fingerprint density at radius 1 is 0.500 bits per heavy atom. The molecule has 30 heavy (non-hydrogen) atoms. The van der Waals surface area contributed by atoms with E-state index in [0.29, 0.717) is 0 Å². The zero-order chi connectivity index (χ0) is 20.3.